The van der Waals surface area contributed by atoms with E-state index in [2.05, 4.69) is 58.6 Å². The zero-order valence-corrected chi connectivity index (χ0v) is 14.7. The zero-order valence-electron chi connectivity index (χ0n) is 13.9. The second-order valence-corrected chi connectivity index (χ2v) is 7.09. The fraction of sp³-hybridized carbons (Fsp3) is 0.300. The number of hydrogen-bond donors (Lipinski definition) is 0. The summed E-state index contributed by atoms with van der Waals surface area (Å²) in [6.45, 7) is 2.19. The van der Waals surface area contributed by atoms with Crippen LogP contribution in [0.2, 0.25) is 0 Å². The van der Waals surface area contributed by atoms with Crippen molar-refractivity contribution in [2.45, 2.75) is 24.2 Å². The summed E-state index contributed by atoms with van der Waals surface area (Å²) in [5.41, 5.74) is 4.36. The van der Waals surface area contributed by atoms with Crippen LogP contribution in [-0.4, -0.2) is 29.3 Å². The third-order valence-electron chi connectivity index (χ3n) is 4.61. The molecule has 1 aliphatic heterocycles. The Bertz CT molecular complexity index is 856. The number of piperidine rings is 1. The largest absolute Gasteiger partial charge is 0.355 e. The number of rotatable bonds is 3. The highest BCUT2D eigenvalue weighted by Crippen LogP contribution is 2.27. The number of thioether (sulfide) groups is 1. The normalized spacial score (nSPS) is 15.0. The number of nitrogens with zero attached hydrogens (tertiary/aromatic N) is 3. The van der Waals surface area contributed by atoms with Crippen molar-refractivity contribution in [3.05, 3.63) is 48.7 Å². The standard InChI is InChI=1S/C20H21N3S/c1-24-17-7-5-6-15(12-17)16-8-9-18-19(13-16)22-20(14-21-18)23-10-3-2-4-11-23/h5-9,12-14H,2-4,10-11H2,1H3. The van der Waals surface area contributed by atoms with E-state index in [9.17, 15) is 0 Å². The van der Waals surface area contributed by atoms with E-state index in [0.29, 0.717) is 0 Å². The van der Waals surface area contributed by atoms with Crippen LogP contribution < -0.4 is 4.90 Å². The predicted molar refractivity (Wildman–Crippen MR) is 103 cm³/mol. The molecule has 0 saturated carbocycles. The maximum Gasteiger partial charge on any atom is 0.147 e. The van der Waals surface area contributed by atoms with E-state index in [4.69, 9.17) is 4.98 Å². The lowest BCUT2D eigenvalue weighted by Gasteiger charge is -2.27. The van der Waals surface area contributed by atoms with Gasteiger partial charge in [0.15, 0.2) is 0 Å². The Hall–Kier alpha value is -2.07. The Balaban J connectivity index is 1.72. The van der Waals surface area contributed by atoms with Crippen LogP contribution in [0.4, 0.5) is 5.82 Å². The Morgan fingerprint density at radius 3 is 2.58 bits per heavy atom. The number of anilines is 1. The molecule has 1 aromatic heterocycles. The molecule has 0 radical (unpaired) electrons. The maximum atomic E-state index is 4.89. The van der Waals surface area contributed by atoms with Gasteiger partial charge in [-0.3, -0.25) is 4.98 Å². The van der Waals surface area contributed by atoms with Crippen LogP contribution >= 0.6 is 11.8 Å². The van der Waals surface area contributed by atoms with Crippen molar-refractivity contribution in [3.63, 3.8) is 0 Å². The van der Waals surface area contributed by atoms with Gasteiger partial charge < -0.3 is 4.90 Å². The van der Waals surface area contributed by atoms with Crippen molar-refractivity contribution >= 4 is 28.6 Å². The van der Waals surface area contributed by atoms with Crippen molar-refractivity contribution in [1.82, 2.24) is 9.97 Å². The minimum atomic E-state index is 0.959. The first-order valence-corrected chi connectivity index (χ1v) is 9.72. The minimum Gasteiger partial charge on any atom is -0.355 e. The van der Waals surface area contributed by atoms with Gasteiger partial charge in [0.05, 0.1) is 17.2 Å². The monoisotopic (exact) mass is 335 g/mol. The second kappa shape index (κ2) is 6.81. The molecule has 1 fully saturated rings. The summed E-state index contributed by atoms with van der Waals surface area (Å²) in [6, 6.07) is 15.0. The van der Waals surface area contributed by atoms with E-state index < -0.39 is 0 Å². The topological polar surface area (TPSA) is 29.0 Å². The molecule has 4 rings (SSSR count). The first kappa shape index (κ1) is 15.5. The molecule has 0 unspecified atom stereocenters. The molecule has 3 nitrogen and oxygen atoms in total. The van der Waals surface area contributed by atoms with Crippen LogP contribution in [0.3, 0.4) is 0 Å². The molecular formula is C20H21N3S. The van der Waals surface area contributed by atoms with E-state index in [1.807, 2.05) is 6.20 Å². The molecule has 0 bridgehead atoms. The third-order valence-corrected chi connectivity index (χ3v) is 5.34. The van der Waals surface area contributed by atoms with E-state index in [0.717, 1.165) is 29.9 Å². The van der Waals surface area contributed by atoms with Crippen molar-refractivity contribution in [3.8, 4) is 11.1 Å². The van der Waals surface area contributed by atoms with Crippen LogP contribution in [0.5, 0.6) is 0 Å². The molecule has 3 aromatic rings. The van der Waals surface area contributed by atoms with Gasteiger partial charge in [-0.25, -0.2) is 4.98 Å². The summed E-state index contributed by atoms with van der Waals surface area (Å²) in [5.74, 6) is 1.01. The SMILES string of the molecule is CSc1cccc(-c2ccc3ncc(N4CCCCC4)nc3c2)c1. The van der Waals surface area contributed by atoms with Crippen molar-refractivity contribution < 1.29 is 0 Å². The van der Waals surface area contributed by atoms with E-state index in [1.54, 1.807) is 11.8 Å². The first-order chi connectivity index (χ1) is 11.8. The summed E-state index contributed by atoms with van der Waals surface area (Å²) >= 11 is 1.77. The minimum absolute atomic E-state index is 0.959. The molecule has 2 aromatic carbocycles. The maximum absolute atomic E-state index is 4.89. The highest BCUT2D eigenvalue weighted by molar-refractivity contribution is 7.98. The molecule has 0 N–H and O–H groups in total. The lowest BCUT2D eigenvalue weighted by Crippen LogP contribution is -2.30. The van der Waals surface area contributed by atoms with Gasteiger partial charge in [-0.15, -0.1) is 11.8 Å². The Morgan fingerprint density at radius 2 is 1.75 bits per heavy atom. The van der Waals surface area contributed by atoms with Gasteiger partial charge >= 0.3 is 0 Å². The Kier molecular flexibility index (Phi) is 4.39. The lowest BCUT2D eigenvalue weighted by molar-refractivity contribution is 0.573. The molecule has 1 aliphatic rings. The fourth-order valence-electron chi connectivity index (χ4n) is 3.26. The zero-order chi connectivity index (χ0) is 16.4. The van der Waals surface area contributed by atoms with Crippen LogP contribution in [0.1, 0.15) is 19.3 Å². The van der Waals surface area contributed by atoms with Crippen LogP contribution in [-0.2, 0) is 0 Å². The summed E-state index contributed by atoms with van der Waals surface area (Å²) in [5, 5.41) is 0. The second-order valence-electron chi connectivity index (χ2n) is 6.21. The average molecular weight is 335 g/mol. The van der Waals surface area contributed by atoms with E-state index >= 15 is 0 Å². The molecule has 1 saturated heterocycles. The van der Waals surface area contributed by atoms with Crippen LogP contribution in [0.15, 0.2) is 53.6 Å². The lowest BCUT2D eigenvalue weighted by atomic mass is 10.1. The van der Waals surface area contributed by atoms with Crippen molar-refractivity contribution in [2.24, 2.45) is 0 Å². The molecule has 2 heterocycles. The van der Waals surface area contributed by atoms with Crippen LogP contribution in [0.25, 0.3) is 22.2 Å². The van der Waals surface area contributed by atoms with Crippen LogP contribution in [0, 0.1) is 0 Å². The summed E-state index contributed by atoms with van der Waals surface area (Å²) in [6.07, 6.45) is 7.85. The smallest absolute Gasteiger partial charge is 0.147 e. The van der Waals surface area contributed by atoms with Gasteiger partial charge in [0.25, 0.3) is 0 Å². The van der Waals surface area contributed by atoms with Crippen molar-refractivity contribution in [2.75, 3.05) is 24.2 Å². The molecular weight excluding hydrogens is 314 g/mol. The highest BCUT2D eigenvalue weighted by atomic mass is 32.2. The number of fused-ring (bicyclic) bond motifs is 1. The Morgan fingerprint density at radius 1 is 0.917 bits per heavy atom. The highest BCUT2D eigenvalue weighted by Gasteiger charge is 2.13. The number of hydrogen-bond acceptors (Lipinski definition) is 4. The van der Waals surface area contributed by atoms with Gasteiger partial charge in [-0.2, -0.15) is 0 Å². The number of benzene rings is 2. The Labute approximate surface area is 147 Å². The summed E-state index contributed by atoms with van der Waals surface area (Å²) in [7, 11) is 0. The average Bonchev–Trinajstić information content (AvgIpc) is 2.68. The van der Waals surface area contributed by atoms with Crippen molar-refractivity contribution in [1.29, 1.82) is 0 Å². The predicted octanol–water partition coefficient (Wildman–Crippen LogP) is 5.01. The molecule has 0 aliphatic carbocycles. The van der Waals surface area contributed by atoms with Gasteiger partial charge in [-0.05, 0) is 60.9 Å². The molecule has 4 heteroatoms. The molecule has 0 spiro atoms. The molecule has 0 amide bonds. The van der Waals surface area contributed by atoms with Gasteiger partial charge in [-0.1, -0.05) is 18.2 Å². The third kappa shape index (κ3) is 3.11. The van der Waals surface area contributed by atoms with Gasteiger partial charge in [0.2, 0.25) is 0 Å². The van der Waals surface area contributed by atoms with E-state index in [-0.39, 0.29) is 0 Å². The first-order valence-electron chi connectivity index (χ1n) is 8.50. The summed E-state index contributed by atoms with van der Waals surface area (Å²) in [4.78, 5) is 13.1. The van der Waals surface area contributed by atoms with Gasteiger partial charge in [0.1, 0.15) is 5.82 Å². The molecule has 0 atom stereocenters. The fourth-order valence-corrected chi connectivity index (χ4v) is 3.72. The molecule has 122 valence electrons. The number of aromatic nitrogens is 2. The molecule has 24 heavy (non-hydrogen) atoms. The van der Waals surface area contributed by atoms with Gasteiger partial charge in [0, 0.05) is 18.0 Å². The quantitative estimate of drug-likeness (QED) is 0.629. The van der Waals surface area contributed by atoms with E-state index in [1.165, 1.54) is 35.3 Å². The summed E-state index contributed by atoms with van der Waals surface area (Å²) < 4.78 is 0.